The fourth-order valence-electron chi connectivity index (χ4n) is 4.31. The van der Waals surface area contributed by atoms with E-state index >= 15 is 0 Å². The number of carbonyl (C=O) groups excluding carboxylic acids is 2. The van der Waals surface area contributed by atoms with Crippen molar-refractivity contribution in [2.45, 2.75) is 32.2 Å². The maximum Gasteiger partial charge on any atom is 0.310 e. The quantitative estimate of drug-likeness (QED) is 0.377. The first-order valence-corrected chi connectivity index (χ1v) is 12.4. The highest BCUT2D eigenvalue weighted by Crippen LogP contribution is 2.27. The number of hydrogen-bond acceptors (Lipinski definition) is 6. The lowest BCUT2D eigenvalue weighted by Gasteiger charge is -2.34. The zero-order chi connectivity index (χ0) is 25.5. The molecule has 2 aromatic carbocycles. The van der Waals surface area contributed by atoms with Crippen LogP contribution in [0.15, 0.2) is 48.7 Å². The number of aromatic nitrogens is 3. The van der Waals surface area contributed by atoms with E-state index in [1.54, 1.807) is 13.0 Å². The van der Waals surface area contributed by atoms with E-state index < -0.39 is 0 Å². The largest absolute Gasteiger partial charge is 0.466 e. The van der Waals surface area contributed by atoms with Gasteiger partial charge in [0, 0.05) is 23.2 Å². The topological polar surface area (TPSA) is 100 Å². The molecule has 4 rings (SSSR count). The van der Waals surface area contributed by atoms with Gasteiger partial charge in [-0.3, -0.25) is 9.59 Å². The third-order valence-electron chi connectivity index (χ3n) is 6.27. The van der Waals surface area contributed by atoms with E-state index in [-0.39, 0.29) is 35.3 Å². The Hall–Kier alpha value is -3.30. The van der Waals surface area contributed by atoms with Crippen molar-refractivity contribution in [2.75, 3.05) is 26.2 Å². The fraction of sp³-hybridized carbons (Fsp3) is 0.385. The number of likely N-dealkylation sites (tertiary alicyclic amines) is 1. The zero-order valence-electron chi connectivity index (χ0n) is 20.0. The molecule has 1 saturated heterocycles. The van der Waals surface area contributed by atoms with Crippen molar-refractivity contribution in [3.8, 4) is 11.1 Å². The van der Waals surface area contributed by atoms with E-state index in [4.69, 9.17) is 16.3 Å². The number of amides is 1. The number of nitrogens with zero attached hydrogens (tertiary/aromatic N) is 3. The Morgan fingerprint density at radius 1 is 1.22 bits per heavy atom. The molecule has 1 amide bonds. The summed E-state index contributed by atoms with van der Waals surface area (Å²) >= 11 is 6.04. The number of carbonyl (C=O) groups is 2. The van der Waals surface area contributed by atoms with E-state index in [2.05, 4.69) is 25.6 Å². The number of aromatic amines is 1. The molecule has 8 nitrogen and oxygen atoms in total. The van der Waals surface area contributed by atoms with Gasteiger partial charge in [-0.2, -0.15) is 15.4 Å². The van der Waals surface area contributed by atoms with Crippen LogP contribution in [0.2, 0.25) is 5.02 Å². The predicted molar refractivity (Wildman–Crippen MR) is 134 cm³/mol. The second kappa shape index (κ2) is 12.1. The van der Waals surface area contributed by atoms with Crippen LogP contribution in [0.3, 0.4) is 0 Å². The van der Waals surface area contributed by atoms with Gasteiger partial charge in [0.1, 0.15) is 5.82 Å². The van der Waals surface area contributed by atoms with Crippen molar-refractivity contribution in [3.63, 3.8) is 0 Å². The zero-order valence-corrected chi connectivity index (χ0v) is 20.8. The normalized spacial score (nSPS) is 15.1. The Bertz CT molecular complexity index is 1170. The van der Waals surface area contributed by atoms with Crippen LogP contribution in [-0.4, -0.2) is 64.5 Å². The molecule has 0 saturated carbocycles. The van der Waals surface area contributed by atoms with Gasteiger partial charge in [-0.25, -0.2) is 4.39 Å². The molecule has 10 heteroatoms. The molecule has 0 unspecified atom stereocenters. The van der Waals surface area contributed by atoms with Gasteiger partial charge in [0.2, 0.25) is 0 Å². The summed E-state index contributed by atoms with van der Waals surface area (Å²) in [5.74, 6) is -1.38. The predicted octanol–water partition coefficient (Wildman–Crippen LogP) is 3.88. The molecule has 190 valence electrons. The molecule has 1 aliphatic heterocycles. The first kappa shape index (κ1) is 25.8. The van der Waals surface area contributed by atoms with E-state index in [0.29, 0.717) is 42.1 Å². The Morgan fingerprint density at radius 3 is 2.64 bits per heavy atom. The minimum absolute atomic E-state index is 0.169. The Labute approximate surface area is 214 Å². The van der Waals surface area contributed by atoms with Gasteiger partial charge >= 0.3 is 5.97 Å². The molecular weight excluding hydrogens is 485 g/mol. The Balaban J connectivity index is 1.52. The Kier molecular flexibility index (Phi) is 8.66. The molecular formula is C26H29ClFN5O3. The van der Waals surface area contributed by atoms with Crippen molar-refractivity contribution < 1.29 is 18.7 Å². The fourth-order valence-corrected chi connectivity index (χ4v) is 4.48. The highest BCUT2D eigenvalue weighted by atomic mass is 35.5. The molecule has 2 heterocycles. The number of esters is 1. The molecule has 0 radical (unpaired) electrons. The molecule has 0 aliphatic carbocycles. The molecule has 1 aliphatic rings. The minimum Gasteiger partial charge on any atom is -0.466 e. The monoisotopic (exact) mass is 513 g/mol. The molecule has 0 spiro atoms. The number of halogens is 2. The number of hydrogen-bond donors (Lipinski definition) is 2. The smallest absolute Gasteiger partial charge is 0.310 e. The van der Waals surface area contributed by atoms with E-state index in [0.717, 1.165) is 25.1 Å². The van der Waals surface area contributed by atoms with Gasteiger partial charge in [0.15, 0.2) is 5.69 Å². The van der Waals surface area contributed by atoms with Crippen molar-refractivity contribution in [2.24, 2.45) is 5.92 Å². The van der Waals surface area contributed by atoms with Gasteiger partial charge < -0.3 is 15.0 Å². The van der Waals surface area contributed by atoms with Crippen LogP contribution in [0.5, 0.6) is 0 Å². The number of H-pyrrole nitrogens is 1. The summed E-state index contributed by atoms with van der Waals surface area (Å²) in [6, 6.07) is 11.5. The summed E-state index contributed by atoms with van der Waals surface area (Å²) in [5, 5.41) is 13.5. The summed E-state index contributed by atoms with van der Waals surface area (Å²) in [4.78, 5) is 27.7. The number of benzene rings is 2. The summed E-state index contributed by atoms with van der Waals surface area (Å²) in [6.07, 6.45) is 3.34. The van der Waals surface area contributed by atoms with E-state index in [1.165, 1.54) is 18.3 Å². The molecule has 2 atom stereocenters. The third-order valence-corrected chi connectivity index (χ3v) is 6.51. The summed E-state index contributed by atoms with van der Waals surface area (Å²) in [7, 11) is 0. The summed E-state index contributed by atoms with van der Waals surface area (Å²) < 4.78 is 19.6. The average molecular weight is 514 g/mol. The van der Waals surface area contributed by atoms with Crippen LogP contribution >= 0.6 is 11.6 Å². The minimum atomic E-state index is -0.382. The van der Waals surface area contributed by atoms with E-state index in [1.807, 2.05) is 24.3 Å². The van der Waals surface area contributed by atoms with Crippen molar-refractivity contribution >= 4 is 23.5 Å². The van der Waals surface area contributed by atoms with Crippen LogP contribution in [0.4, 0.5) is 4.39 Å². The van der Waals surface area contributed by atoms with Gasteiger partial charge in [0.25, 0.3) is 5.91 Å². The maximum atomic E-state index is 14.3. The number of rotatable bonds is 11. The standard InChI is InChI=1S/C26H29ClFN5O3/c1-2-36-26(35)19(16-33-10-3-11-33)13-21(30-25(34)24-15-29-32-31-24)12-17-4-6-18(7-5-17)22-14-20(27)8-9-23(22)28/h4-9,14-15,19,21H,2-3,10-13,16H2,1H3,(H,30,34)(H,29,31,32)/t19-,21+/m0/s1. The molecule has 3 aromatic rings. The van der Waals surface area contributed by atoms with Crippen molar-refractivity contribution in [1.82, 2.24) is 25.6 Å². The van der Waals surface area contributed by atoms with Crippen LogP contribution in [0.25, 0.3) is 11.1 Å². The summed E-state index contributed by atoms with van der Waals surface area (Å²) in [6.45, 7) is 4.57. The highest BCUT2D eigenvalue weighted by molar-refractivity contribution is 6.30. The first-order valence-electron chi connectivity index (χ1n) is 12.0. The molecule has 36 heavy (non-hydrogen) atoms. The lowest BCUT2D eigenvalue weighted by molar-refractivity contribution is -0.149. The number of nitrogens with one attached hydrogen (secondary N) is 2. The van der Waals surface area contributed by atoms with Crippen molar-refractivity contribution in [1.29, 1.82) is 0 Å². The first-order chi connectivity index (χ1) is 17.4. The van der Waals surface area contributed by atoms with Gasteiger partial charge in [-0.15, -0.1) is 0 Å². The second-order valence-electron chi connectivity index (χ2n) is 8.89. The lowest BCUT2D eigenvalue weighted by Crippen LogP contribution is -2.46. The van der Waals surface area contributed by atoms with Crippen LogP contribution < -0.4 is 5.32 Å². The van der Waals surface area contributed by atoms with Crippen LogP contribution in [0.1, 0.15) is 35.8 Å². The van der Waals surface area contributed by atoms with Gasteiger partial charge in [-0.05, 0) is 68.6 Å². The molecule has 0 bridgehead atoms. The Morgan fingerprint density at radius 2 is 2.00 bits per heavy atom. The summed E-state index contributed by atoms with van der Waals surface area (Å²) in [5.41, 5.74) is 2.21. The molecule has 2 N–H and O–H groups in total. The second-order valence-corrected chi connectivity index (χ2v) is 9.33. The molecule has 1 aromatic heterocycles. The van der Waals surface area contributed by atoms with Gasteiger partial charge in [0.05, 0.1) is 18.7 Å². The third kappa shape index (κ3) is 6.67. The van der Waals surface area contributed by atoms with Crippen LogP contribution in [-0.2, 0) is 16.0 Å². The number of ether oxygens (including phenoxy) is 1. The lowest BCUT2D eigenvalue weighted by atomic mass is 9.92. The SMILES string of the molecule is CCOC(=O)[C@@H](C[C@@H](Cc1ccc(-c2cc(Cl)ccc2F)cc1)NC(=O)c1cn[nH]n1)CN1CCC1. The van der Waals surface area contributed by atoms with E-state index in [9.17, 15) is 14.0 Å². The average Bonchev–Trinajstić information content (AvgIpc) is 3.38. The molecule has 1 fully saturated rings. The highest BCUT2D eigenvalue weighted by Gasteiger charge is 2.29. The maximum absolute atomic E-state index is 14.3. The van der Waals surface area contributed by atoms with Crippen molar-refractivity contribution in [3.05, 3.63) is 70.8 Å². The van der Waals surface area contributed by atoms with Gasteiger partial charge in [-0.1, -0.05) is 35.9 Å². The van der Waals surface area contributed by atoms with Crippen LogP contribution in [0, 0.1) is 11.7 Å².